The lowest BCUT2D eigenvalue weighted by Crippen LogP contribution is -2.22. The molecule has 0 saturated heterocycles. The summed E-state index contributed by atoms with van der Waals surface area (Å²) in [6.45, 7) is 5.94. The van der Waals surface area contributed by atoms with Crippen LogP contribution < -0.4 is 0 Å². The third kappa shape index (κ3) is 4.93. The van der Waals surface area contributed by atoms with Crippen LogP contribution in [0.4, 0.5) is 0 Å². The summed E-state index contributed by atoms with van der Waals surface area (Å²) >= 11 is 0. The van der Waals surface area contributed by atoms with Gasteiger partial charge in [-0.25, -0.2) is 4.79 Å². The number of esters is 1. The van der Waals surface area contributed by atoms with E-state index in [1.807, 2.05) is 55.5 Å². The first kappa shape index (κ1) is 20.4. The molecule has 0 aliphatic carbocycles. The fraction of sp³-hybridized carbons (Fsp3) is 0.192. The SMILES string of the molecule is CCOC(=O)c1ccc(C#Cc2cccc(C(C)(O)c3ccc(C)cc3)c2)cc1. The van der Waals surface area contributed by atoms with E-state index in [4.69, 9.17) is 4.74 Å². The van der Waals surface area contributed by atoms with Crippen molar-refractivity contribution >= 4 is 5.97 Å². The first-order chi connectivity index (χ1) is 13.9. The number of hydrogen-bond acceptors (Lipinski definition) is 3. The molecule has 0 aliphatic rings. The van der Waals surface area contributed by atoms with Gasteiger partial charge in [-0.05, 0) is 68.3 Å². The second kappa shape index (κ2) is 8.77. The van der Waals surface area contributed by atoms with Crippen molar-refractivity contribution in [2.45, 2.75) is 26.4 Å². The molecular formula is C26H24O3. The normalized spacial score (nSPS) is 12.4. The summed E-state index contributed by atoms with van der Waals surface area (Å²) in [6.07, 6.45) is 0. The van der Waals surface area contributed by atoms with Crippen molar-refractivity contribution in [1.29, 1.82) is 0 Å². The van der Waals surface area contributed by atoms with Gasteiger partial charge in [0.25, 0.3) is 0 Å². The Balaban J connectivity index is 1.82. The number of aryl methyl sites for hydroxylation is 1. The molecule has 0 heterocycles. The number of hydrogen-bond donors (Lipinski definition) is 1. The topological polar surface area (TPSA) is 46.5 Å². The van der Waals surface area contributed by atoms with Gasteiger partial charge in [-0.2, -0.15) is 0 Å². The highest BCUT2D eigenvalue weighted by molar-refractivity contribution is 5.89. The van der Waals surface area contributed by atoms with Crippen molar-refractivity contribution in [3.8, 4) is 11.8 Å². The molecule has 0 radical (unpaired) electrons. The van der Waals surface area contributed by atoms with Crippen molar-refractivity contribution < 1.29 is 14.6 Å². The maximum Gasteiger partial charge on any atom is 0.338 e. The number of benzene rings is 3. The lowest BCUT2D eigenvalue weighted by atomic mass is 9.87. The Labute approximate surface area is 172 Å². The lowest BCUT2D eigenvalue weighted by molar-refractivity contribution is 0.0526. The summed E-state index contributed by atoms with van der Waals surface area (Å²) in [6, 6.07) is 22.5. The number of carbonyl (C=O) groups excluding carboxylic acids is 1. The minimum Gasteiger partial charge on any atom is -0.462 e. The standard InChI is InChI=1S/C26H24O3/c1-4-29-25(27)22-14-12-20(13-15-22)10-11-21-6-5-7-24(18-21)26(3,28)23-16-8-19(2)9-17-23/h5-9,12-18,28H,4H2,1-3H3. The van der Waals surface area contributed by atoms with Gasteiger partial charge in [0.15, 0.2) is 0 Å². The first-order valence-corrected chi connectivity index (χ1v) is 9.59. The smallest absolute Gasteiger partial charge is 0.338 e. The van der Waals surface area contributed by atoms with E-state index in [2.05, 4.69) is 11.8 Å². The highest BCUT2D eigenvalue weighted by Gasteiger charge is 2.25. The van der Waals surface area contributed by atoms with Gasteiger partial charge in [-0.1, -0.05) is 53.8 Å². The van der Waals surface area contributed by atoms with E-state index < -0.39 is 5.60 Å². The third-order valence-corrected chi connectivity index (χ3v) is 4.79. The molecule has 0 aromatic heterocycles. The largest absolute Gasteiger partial charge is 0.462 e. The first-order valence-electron chi connectivity index (χ1n) is 9.59. The maximum atomic E-state index is 11.7. The summed E-state index contributed by atoms with van der Waals surface area (Å²) in [4.78, 5) is 11.7. The summed E-state index contributed by atoms with van der Waals surface area (Å²) < 4.78 is 4.99. The van der Waals surface area contributed by atoms with E-state index in [0.717, 1.165) is 27.8 Å². The monoisotopic (exact) mass is 384 g/mol. The van der Waals surface area contributed by atoms with Crippen molar-refractivity contribution in [2.75, 3.05) is 6.61 Å². The molecule has 3 rings (SSSR count). The van der Waals surface area contributed by atoms with Crippen molar-refractivity contribution in [3.63, 3.8) is 0 Å². The van der Waals surface area contributed by atoms with Crippen molar-refractivity contribution in [1.82, 2.24) is 0 Å². The molecule has 1 atom stereocenters. The van der Waals surface area contributed by atoms with E-state index in [9.17, 15) is 9.90 Å². The maximum absolute atomic E-state index is 11.7. The van der Waals surface area contributed by atoms with Gasteiger partial charge >= 0.3 is 5.97 Å². The van der Waals surface area contributed by atoms with Crippen molar-refractivity contribution in [3.05, 3.63) is 106 Å². The number of ether oxygens (including phenoxy) is 1. The third-order valence-electron chi connectivity index (χ3n) is 4.79. The van der Waals surface area contributed by atoms with Crippen LogP contribution in [-0.2, 0) is 10.3 Å². The fourth-order valence-corrected chi connectivity index (χ4v) is 2.99. The number of aliphatic hydroxyl groups is 1. The molecule has 1 unspecified atom stereocenters. The van der Waals surface area contributed by atoms with Crippen LogP contribution in [0.2, 0.25) is 0 Å². The minimum absolute atomic E-state index is 0.335. The van der Waals surface area contributed by atoms with E-state index in [1.165, 1.54) is 0 Å². The quantitative estimate of drug-likeness (QED) is 0.518. The Morgan fingerprint density at radius 2 is 1.59 bits per heavy atom. The van der Waals surface area contributed by atoms with Crippen LogP contribution in [0.3, 0.4) is 0 Å². The predicted molar refractivity (Wildman–Crippen MR) is 115 cm³/mol. The lowest BCUT2D eigenvalue weighted by Gasteiger charge is -2.25. The zero-order valence-corrected chi connectivity index (χ0v) is 16.9. The molecule has 1 N–H and O–H groups in total. The molecule has 3 aromatic rings. The van der Waals surface area contributed by atoms with Crippen LogP contribution in [-0.4, -0.2) is 17.7 Å². The Kier molecular flexibility index (Phi) is 6.16. The highest BCUT2D eigenvalue weighted by Crippen LogP contribution is 2.29. The number of rotatable bonds is 4. The second-order valence-corrected chi connectivity index (χ2v) is 7.07. The van der Waals surface area contributed by atoms with E-state index in [-0.39, 0.29) is 5.97 Å². The van der Waals surface area contributed by atoms with E-state index >= 15 is 0 Å². The molecule has 0 saturated carbocycles. The molecule has 29 heavy (non-hydrogen) atoms. The van der Waals surface area contributed by atoms with E-state index in [1.54, 1.807) is 38.1 Å². The Morgan fingerprint density at radius 3 is 2.24 bits per heavy atom. The van der Waals surface area contributed by atoms with Crippen molar-refractivity contribution in [2.24, 2.45) is 0 Å². The predicted octanol–water partition coefficient (Wildman–Crippen LogP) is 4.83. The van der Waals surface area contributed by atoms with Gasteiger partial charge < -0.3 is 9.84 Å². The van der Waals surface area contributed by atoms with Gasteiger partial charge in [-0.15, -0.1) is 0 Å². The Hall–Kier alpha value is -3.35. The van der Waals surface area contributed by atoms with Crippen LogP contribution in [0.5, 0.6) is 0 Å². The molecule has 0 aliphatic heterocycles. The summed E-state index contributed by atoms with van der Waals surface area (Å²) in [5.74, 6) is 5.90. The zero-order valence-electron chi connectivity index (χ0n) is 16.9. The van der Waals surface area contributed by atoms with Crippen LogP contribution >= 0.6 is 0 Å². The van der Waals surface area contributed by atoms with Crippen LogP contribution in [0, 0.1) is 18.8 Å². The molecule has 3 aromatic carbocycles. The van der Waals surface area contributed by atoms with Crippen LogP contribution in [0.25, 0.3) is 0 Å². The molecule has 146 valence electrons. The fourth-order valence-electron chi connectivity index (χ4n) is 2.99. The Morgan fingerprint density at radius 1 is 0.931 bits per heavy atom. The van der Waals surface area contributed by atoms with Gasteiger partial charge in [0.2, 0.25) is 0 Å². The molecule has 0 bridgehead atoms. The van der Waals surface area contributed by atoms with E-state index in [0.29, 0.717) is 12.2 Å². The molecule has 0 fully saturated rings. The molecule has 3 heteroatoms. The highest BCUT2D eigenvalue weighted by atomic mass is 16.5. The minimum atomic E-state index is -1.10. The average Bonchev–Trinajstić information content (AvgIpc) is 2.73. The van der Waals surface area contributed by atoms with Crippen LogP contribution in [0.1, 0.15) is 52.0 Å². The summed E-state index contributed by atoms with van der Waals surface area (Å²) in [5.41, 5.74) is 3.78. The van der Waals surface area contributed by atoms with Gasteiger partial charge in [-0.3, -0.25) is 0 Å². The average molecular weight is 384 g/mol. The second-order valence-electron chi connectivity index (χ2n) is 7.07. The molecule has 0 spiro atoms. The van der Waals surface area contributed by atoms with Gasteiger partial charge in [0.05, 0.1) is 12.2 Å². The molecular weight excluding hydrogens is 360 g/mol. The van der Waals surface area contributed by atoms with Gasteiger partial charge in [0.1, 0.15) is 5.60 Å². The number of carbonyl (C=O) groups is 1. The van der Waals surface area contributed by atoms with Crippen LogP contribution in [0.15, 0.2) is 72.8 Å². The zero-order chi connectivity index (χ0) is 20.9. The van der Waals surface area contributed by atoms with Gasteiger partial charge in [0, 0.05) is 11.1 Å². The molecule has 3 nitrogen and oxygen atoms in total. The molecule has 0 amide bonds. The Bertz CT molecular complexity index is 1050. The summed E-state index contributed by atoms with van der Waals surface area (Å²) in [5, 5.41) is 11.1. The summed E-state index contributed by atoms with van der Waals surface area (Å²) in [7, 11) is 0.